The fourth-order valence-electron chi connectivity index (χ4n) is 3.43. The molecule has 142 valence electrons. The van der Waals surface area contributed by atoms with Gasteiger partial charge in [0.2, 0.25) is 5.13 Å². The highest BCUT2D eigenvalue weighted by Crippen LogP contribution is 2.37. The second kappa shape index (κ2) is 8.61. The number of ether oxygens (including phenoxy) is 1. The number of aromatic nitrogens is 2. The van der Waals surface area contributed by atoms with E-state index in [1.807, 2.05) is 6.07 Å². The lowest BCUT2D eigenvalue weighted by Crippen LogP contribution is -2.35. The smallest absolute Gasteiger partial charge is 0.202 e. The van der Waals surface area contributed by atoms with Crippen LogP contribution in [-0.2, 0) is 11.2 Å². The van der Waals surface area contributed by atoms with Crippen molar-refractivity contribution in [2.45, 2.75) is 44.8 Å². The van der Waals surface area contributed by atoms with Gasteiger partial charge in [0.15, 0.2) is 0 Å². The molecule has 5 nitrogen and oxygen atoms in total. The molecular weight excluding hydrogens is 375 g/mol. The van der Waals surface area contributed by atoms with Crippen LogP contribution in [0.1, 0.15) is 37.7 Å². The van der Waals surface area contributed by atoms with Crippen molar-refractivity contribution in [3.8, 4) is 0 Å². The van der Waals surface area contributed by atoms with Crippen molar-refractivity contribution in [3.05, 3.63) is 40.4 Å². The Hall–Kier alpha value is -1.28. The number of likely N-dealkylation sites (tertiary alicyclic amines) is 1. The minimum absolute atomic E-state index is 0.0630. The molecule has 26 heavy (non-hydrogen) atoms. The molecule has 3 rings (SSSR count). The fraction of sp³-hybridized carbons (Fsp3) is 0.556. The third kappa shape index (κ3) is 4.34. The molecule has 2 unspecified atom stereocenters. The molecule has 1 aliphatic rings. The zero-order chi connectivity index (χ0) is 18.7. The van der Waals surface area contributed by atoms with Gasteiger partial charge in [-0.25, -0.2) is 9.37 Å². The Balaban J connectivity index is 1.80. The number of anilines is 1. The van der Waals surface area contributed by atoms with Crippen molar-refractivity contribution in [3.63, 3.8) is 0 Å². The van der Waals surface area contributed by atoms with Gasteiger partial charge in [-0.1, -0.05) is 17.7 Å². The largest absolute Gasteiger partial charge is 0.384 e. The molecule has 0 amide bonds. The van der Waals surface area contributed by atoms with Gasteiger partial charge in [0, 0.05) is 43.7 Å². The Morgan fingerprint density at radius 2 is 2.27 bits per heavy atom. The lowest BCUT2D eigenvalue weighted by atomic mass is 9.99. The first kappa shape index (κ1) is 19.5. The Bertz CT molecular complexity index is 742. The Labute approximate surface area is 162 Å². The summed E-state index contributed by atoms with van der Waals surface area (Å²) in [7, 11) is 1.67. The first-order chi connectivity index (χ1) is 12.5. The van der Waals surface area contributed by atoms with Gasteiger partial charge in [-0.3, -0.25) is 4.90 Å². The number of nitrogens with one attached hydrogen (secondary N) is 1. The maximum atomic E-state index is 14.0. The lowest BCUT2D eigenvalue weighted by molar-refractivity contribution is 0.200. The molecule has 0 spiro atoms. The number of hydrogen-bond acceptors (Lipinski definition) is 6. The van der Waals surface area contributed by atoms with Crippen LogP contribution in [-0.4, -0.2) is 46.6 Å². The van der Waals surface area contributed by atoms with Crippen molar-refractivity contribution in [1.82, 2.24) is 14.3 Å². The molecule has 1 aromatic heterocycles. The van der Waals surface area contributed by atoms with Crippen LogP contribution in [0.15, 0.2) is 18.2 Å². The van der Waals surface area contributed by atoms with Crippen molar-refractivity contribution < 1.29 is 9.13 Å². The number of rotatable bonds is 7. The highest BCUT2D eigenvalue weighted by molar-refractivity contribution is 7.09. The topological polar surface area (TPSA) is 50.3 Å². The number of hydrogen-bond donors (Lipinski definition) is 1. The molecule has 1 aromatic carbocycles. The Morgan fingerprint density at radius 1 is 1.46 bits per heavy atom. The van der Waals surface area contributed by atoms with Gasteiger partial charge >= 0.3 is 0 Å². The average molecular weight is 399 g/mol. The van der Waals surface area contributed by atoms with E-state index in [0.29, 0.717) is 19.1 Å². The van der Waals surface area contributed by atoms with E-state index in [1.165, 1.54) is 11.5 Å². The highest BCUT2D eigenvalue weighted by Gasteiger charge is 2.37. The Kier molecular flexibility index (Phi) is 6.45. The molecule has 1 fully saturated rings. The standard InChI is InChI=1S/C18H24ClFN4OS/c1-11(2)24-8-6-15(17(24)12-4-5-13(19)14(20)10-12)21-18-22-16(23-26-18)7-9-25-3/h4-5,10-11,15,17H,6-9H2,1-3H3,(H,21,22,23). The molecule has 0 aliphatic carbocycles. The van der Waals surface area contributed by atoms with Crippen molar-refractivity contribution in [1.29, 1.82) is 0 Å². The molecule has 1 aliphatic heterocycles. The van der Waals surface area contributed by atoms with Gasteiger partial charge in [0.25, 0.3) is 0 Å². The summed E-state index contributed by atoms with van der Waals surface area (Å²) in [5.41, 5.74) is 0.930. The molecule has 1 N–H and O–H groups in total. The van der Waals surface area contributed by atoms with Crippen LogP contribution in [0.5, 0.6) is 0 Å². The molecule has 0 bridgehead atoms. The monoisotopic (exact) mass is 398 g/mol. The van der Waals surface area contributed by atoms with Crippen LogP contribution in [0.25, 0.3) is 0 Å². The summed E-state index contributed by atoms with van der Waals surface area (Å²) in [6.45, 7) is 5.87. The zero-order valence-corrected chi connectivity index (χ0v) is 16.8. The van der Waals surface area contributed by atoms with Crippen molar-refractivity contribution in [2.24, 2.45) is 0 Å². The third-order valence-corrected chi connectivity index (χ3v) is 5.68. The first-order valence-electron chi connectivity index (χ1n) is 8.78. The van der Waals surface area contributed by atoms with E-state index in [0.717, 1.165) is 29.5 Å². The van der Waals surface area contributed by atoms with Crippen molar-refractivity contribution in [2.75, 3.05) is 25.6 Å². The summed E-state index contributed by atoms with van der Waals surface area (Å²) in [6.07, 6.45) is 1.66. The summed E-state index contributed by atoms with van der Waals surface area (Å²) < 4.78 is 23.5. The summed E-state index contributed by atoms with van der Waals surface area (Å²) in [5.74, 6) is 0.406. The molecule has 0 radical (unpaired) electrons. The minimum Gasteiger partial charge on any atom is -0.384 e. The summed E-state index contributed by atoms with van der Waals surface area (Å²) in [4.78, 5) is 6.93. The van der Waals surface area contributed by atoms with Gasteiger partial charge in [0.05, 0.1) is 17.7 Å². The molecule has 2 atom stereocenters. The van der Waals surface area contributed by atoms with E-state index < -0.39 is 0 Å². The van der Waals surface area contributed by atoms with Crippen LogP contribution in [0.4, 0.5) is 9.52 Å². The van der Waals surface area contributed by atoms with Gasteiger partial charge < -0.3 is 10.1 Å². The number of benzene rings is 1. The van der Waals surface area contributed by atoms with Gasteiger partial charge in [0.1, 0.15) is 11.6 Å². The fourth-order valence-corrected chi connectivity index (χ4v) is 4.22. The van der Waals surface area contributed by atoms with Crippen LogP contribution < -0.4 is 5.32 Å². The van der Waals surface area contributed by atoms with E-state index in [2.05, 4.69) is 33.4 Å². The van der Waals surface area contributed by atoms with E-state index in [-0.39, 0.29) is 22.9 Å². The maximum Gasteiger partial charge on any atom is 0.202 e. The van der Waals surface area contributed by atoms with Crippen molar-refractivity contribution >= 4 is 28.3 Å². The van der Waals surface area contributed by atoms with E-state index in [4.69, 9.17) is 16.3 Å². The molecular formula is C18H24ClFN4OS. The van der Waals surface area contributed by atoms with Crippen LogP contribution in [0.3, 0.4) is 0 Å². The minimum atomic E-state index is -0.378. The Morgan fingerprint density at radius 3 is 2.96 bits per heavy atom. The average Bonchev–Trinajstić information content (AvgIpc) is 3.23. The number of nitrogens with zero attached hydrogens (tertiary/aromatic N) is 3. The van der Waals surface area contributed by atoms with Crippen LogP contribution in [0, 0.1) is 5.82 Å². The SMILES string of the molecule is COCCc1nsc(NC2CCN(C(C)C)C2c2ccc(Cl)c(F)c2)n1. The van der Waals surface area contributed by atoms with Gasteiger partial charge in [-0.05, 0) is 38.0 Å². The summed E-state index contributed by atoms with van der Waals surface area (Å²) in [5, 5.41) is 4.46. The maximum absolute atomic E-state index is 14.0. The van der Waals surface area contributed by atoms with E-state index in [9.17, 15) is 4.39 Å². The van der Waals surface area contributed by atoms with E-state index in [1.54, 1.807) is 19.2 Å². The molecule has 8 heteroatoms. The molecule has 2 heterocycles. The molecule has 2 aromatic rings. The summed E-state index contributed by atoms with van der Waals surface area (Å²) >= 11 is 7.22. The summed E-state index contributed by atoms with van der Waals surface area (Å²) in [6, 6.07) is 5.65. The predicted molar refractivity (Wildman–Crippen MR) is 104 cm³/mol. The highest BCUT2D eigenvalue weighted by atomic mass is 35.5. The van der Waals surface area contributed by atoms with Crippen LogP contribution >= 0.6 is 23.1 Å². The molecule has 0 saturated carbocycles. The predicted octanol–water partition coefficient (Wildman–Crippen LogP) is 4.16. The first-order valence-corrected chi connectivity index (χ1v) is 9.93. The number of halogens is 2. The van der Waals surface area contributed by atoms with Gasteiger partial charge in [-0.2, -0.15) is 4.37 Å². The molecule has 1 saturated heterocycles. The normalized spacial score (nSPS) is 20.8. The lowest BCUT2D eigenvalue weighted by Gasteiger charge is -2.32. The van der Waals surface area contributed by atoms with E-state index >= 15 is 0 Å². The second-order valence-electron chi connectivity index (χ2n) is 6.75. The van der Waals surface area contributed by atoms with Crippen LogP contribution in [0.2, 0.25) is 5.02 Å². The zero-order valence-electron chi connectivity index (χ0n) is 15.2. The van der Waals surface area contributed by atoms with Gasteiger partial charge in [-0.15, -0.1) is 0 Å². The second-order valence-corrected chi connectivity index (χ2v) is 7.91. The number of methoxy groups -OCH3 is 1. The quantitative estimate of drug-likeness (QED) is 0.759. The third-order valence-electron chi connectivity index (χ3n) is 4.69.